The largest absolute Gasteiger partial charge is 0.497 e. The Labute approximate surface area is 198 Å². The summed E-state index contributed by atoms with van der Waals surface area (Å²) in [6.07, 6.45) is 2.32. The molecular formula is C25H24N4O3S. The SMILES string of the molecule is COc1ccc(NC(=O)CC2C(=O)N(c3ccccc3)C(=S)N2CCc2ccccn2)cc1. The Hall–Kier alpha value is -3.78. The van der Waals surface area contributed by atoms with E-state index in [1.165, 1.54) is 4.90 Å². The van der Waals surface area contributed by atoms with Crippen molar-refractivity contribution in [2.24, 2.45) is 0 Å². The second-order valence-electron chi connectivity index (χ2n) is 7.55. The van der Waals surface area contributed by atoms with Crippen molar-refractivity contribution in [1.29, 1.82) is 0 Å². The van der Waals surface area contributed by atoms with Gasteiger partial charge in [0.05, 0.1) is 19.2 Å². The van der Waals surface area contributed by atoms with Gasteiger partial charge in [0.2, 0.25) is 5.91 Å². The number of pyridine rings is 1. The number of nitrogens with zero attached hydrogens (tertiary/aromatic N) is 3. The molecule has 2 amide bonds. The van der Waals surface area contributed by atoms with Crippen molar-refractivity contribution >= 4 is 40.5 Å². The number of para-hydroxylation sites is 1. The predicted molar refractivity (Wildman–Crippen MR) is 131 cm³/mol. The van der Waals surface area contributed by atoms with Crippen LogP contribution in [0.4, 0.5) is 11.4 Å². The van der Waals surface area contributed by atoms with Gasteiger partial charge in [-0.05, 0) is 60.7 Å². The van der Waals surface area contributed by atoms with E-state index >= 15 is 0 Å². The zero-order valence-corrected chi connectivity index (χ0v) is 19.0. The van der Waals surface area contributed by atoms with Gasteiger partial charge in [0, 0.05) is 30.5 Å². The van der Waals surface area contributed by atoms with E-state index in [9.17, 15) is 9.59 Å². The first-order valence-corrected chi connectivity index (χ1v) is 11.0. The lowest BCUT2D eigenvalue weighted by atomic mass is 10.1. The predicted octanol–water partition coefficient (Wildman–Crippen LogP) is 3.66. The van der Waals surface area contributed by atoms with Crippen LogP contribution in [0.1, 0.15) is 12.1 Å². The van der Waals surface area contributed by atoms with E-state index in [0.29, 0.717) is 35.2 Å². The van der Waals surface area contributed by atoms with Gasteiger partial charge in [0.25, 0.3) is 5.91 Å². The van der Waals surface area contributed by atoms with Gasteiger partial charge in [0.1, 0.15) is 11.8 Å². The molecule has 1 fully saturated rings. The molecule has 0 spiro atoms. The van der Waals surface area contributed by atoms with Crippen LogP contribution >= 0.6 is 12.2 Å². The minimum atomic E-state index is -0.695. The minimum Gasteiger partial charge on any atom is -0.497 e. The number of hydrogen-bond donors (Lipinski definition) is 1. The fourth-order valence-corrected chi connectivity index (χ4v) is 4.16. The first-order chi connectivity index (χ1) is 16.1. The highest BCUT2D eigenvalue weighted by Crippen LogP contribution is 2.27. The van der Waals surface area contributed by atoms with E-state index in [4.69, 9.17) is 17.0 Å². The second-order valence-corrected chi connectivity index (χ2v) is 7.92. The van der Waals surface area contributed by atoms with Crippen LogP contribution in [0, 0.1) is 0 Å². The molecule has 168 valence electrons. The van der Waals surface area contributed by atoms with Crippen LogP contribution in [0.2, 0.25) is 0 Å². The normalized spacial score (nSPS) is 15.6. The van der Waals surface area contributed by atoms with E-state index < -0.39 is 6.04 Å². The third-order valence-corrected chi connectivity index (χ3v) is 5.84. The van der Waals surface area contributed by atoms with Crippen molar-refractivity contribution in [1.82, 2.24) is 9.88 Å². The molecule has 1 unspecified atom stereocenters. The van der Waals surface area contributed by atoms with Crippen LogP contribution in [0.25, 0.3) is 0 Å². The van der Waals surface area contributed by atoms with Gasteiger partial charge in [0.15, 0.2) is 5.11 Å². The number of hydrogen-bond acceptors (Lipinski definition) is 5. The van der Waals surface area contributed by atoms with Crippen molar-refractivity contribution < 1.29 is 14.3 Å². The summed E-state index contributed by atoms with van der Waals surface area (Å²) in [5.74, 6) is 0.222. The molecule has 1 aliphatic heterocycles. The number of anilines is 2. The molecule has 8 heteroatoms. The summed E-state index contributed by atoms with van der Waals surface area (Å²) in [4.78, 5) is 33.9. The number of ether oxygens (including phenoxy) is 1. The number of thiocarbonyl (C=S) groups is 1. The monoisotopic (exact) mass is 460 g/mol. The zero-order valence-electron chi connectivity index (χ0n) is 18.2. The summed E-state index contributed by atoms with van der Waals surface area (Å²) in [5.41, 5.74) is 2.22. The molecule has 7 nitrogen and oxygen atoms in total. The van der Waals surface area contributed by atoms with E-state index in [0.717, 1.165) is 5.69 Å². The number of rotatable bonds is 8. The van der Waals surface area contributed by atoms with Crippen LogP contribution in [0.5, 0.6) is 5.75 Å². The quantitative estimate of drug-likeness (QED) is 0.517. The fourth-order valence-electron chi connectivity index (χ4n) is 3.75. The highest BCUT2D eigenvalue weighted by Gasteiger charge is 2.43. The molecule has 2 aromatic carbocycles. The molecule has 2 heterocycles. The van der Waals surface area contributed by atoms with Crippen molar-refractivity contribution in [3.05, 3.63) is 84.7 Å². The van der Waals surface area contributed by atoms with Gasteiger partial charge in [-0.15, -0.1) is 0 Å². The first-order valence-electron chi connectivity index (χ1n) is 10.6. The van der Waals surface area contributed by atoms with Gasteiger partial charge < -0.3 is 15.0 Å². The molecular weight excluding hydrogens is 436 g/mol. The Balaban J connectivity index is 1.52. The Morgan fingerprint density at radius 3 is 2.45 bits per heavy atom. The molecule has 4 rings (SSSR count). The van der Waals surface area contributed by atoms with Crippen molar-refractivity contribution in [3.8, 4) is 5.75 Å². The number of carbonyl (C=O) groups excluding carboxylic acids is 2. The molecule has 0 aliphatic carbocycles. The Kier molecular flexibility index (Phi) is 6.95. The topological polar surface area (TPSA) is 74.8 Å². The average molecular weight is 461 g/mol. The lowest BCUT2D eigenvalue weighted by Gasteiger charge is -2.23. The van der Waals surface area contributed by atoms with E-state index in [-0.39, 0.29) is 18.2 Å². The Morgan fingerprint density at radius 2 is 1.79 bits per heavy atom. The number of carbonyl (C=O) groups is 2. The summed E-state index contributed by atoms with van der Waals surface area (Å²) in [7, 11) is 1.58. The molecule has 33 heavy (non-hydrogen) atoms. The number of benzene rings is 2. The lowest BCUT2D eigenvalue weighted by Crippen LogP contribution is -2.39. The number of methoxy groups -OCH3 is 1. The van der Waals surface area contributed by atoms with Gasteiger partial charge in [-0.1, -0.05) is 24.3 Å². The molecule has 1 aromatic heterocycles. The van der Waals surface area contributed by atoms with Crippen LogP contribution < -0.4 is 15.0 Å². The Morgan fingerprint density at radius 1 is 1.06 bits per heavy atom. The summed E-state index contributed by atoms with van der Waals surface area (Å²) < 4.78 is 5.15. The molecule has 1 N–H and O–H groups in total. The molecule has 1 atom stereocenters. The first kappa shape index (κ1) is 22.4. The molecule has 0 saturated carbocycles. The molecule has 0 bridgehead atoms. The maximum Gasteiger partial charge on any atom is 0.256 e. The van der Waals surface area contributed by atoms with Gasteiger partial charge in [-0.3, -0.25) is 19.5 Å². The van der Waals surface area contributed by atoms with Crippen LogP contribution in [-0.2, 0) is 16.0 Å². The summed E-state index contributed by atoms with van der Waals surface area (Å²) in [5, 5.41) is 3.25. The highest BCUT2D eigenvalue weighted by atomic mass is 32.1. The van der Waals surface area contributed by atoms with Crippen LogP contribution in [0.15, 0.2) is 79.0 Å². The third kappa shape index (κ3) is 5.18. The molecule has 1 aliphatic rings. The van der Waals surface area contributed by atoms with Gasteiger partial charge in [-0.2, -0.15) is 0 Å². The van der Waals surface area contributed by atoms with Crippen molar-refractivity contribution in [2.75, 3.05) is 23.9 Å². The van der Waals surface area contributed by atoms with E-state index in [1.807, 2.05) is 53.4 Å². The maximum atomic E-state index is 13.4. The maximum absolute atomic E-state index is 13.4. The van der Waals surface area contributed by atoms with Gasteiger partial charge in [-0.25, -0.2) is 0 Å². The standard InChI is InChI=1S/C25H24N4O3S/c1-32-21-12-10-19(11-13-21)27-23(30)17-22-24(31)29(20-8-3-2-4-9-20)25(33)28(22)16-14-18-7-5-6-15-26-18/h2-13,15,22H,14,16-17H2,1H3,(H,27,30). The van der Waals surface area contributed by atoms with E-state index in [1.54, 1.807) is 37.6 Å². The number of amides is 2. The fraction of sp³-hybridized carbons (Fsp3) is 0.200. The second kappa shape index (κ2) is 10.2. The summed E-state index contributed by atoms with van der Waals surface area (Å²) in [6.45, 7) is 0.478. The van der Waals surface area contributed by atoms with E-state index in [2.05, 4.69) is 10.3 Å². The number of nitrogens with one attached hydrogen (secondary N) is 1. The number of aromatic nitrogens is 1. The van der Waals surface area contributed by atoms with Crippen molar-refractivity contribution in [2.45, 2.75) is 18.9 Å². The van der Waals surface area contributed by atoms with Crippen molar-refractivity contribution in [3.63, 3.8) is 0 Å². The summed E-state index contributed by atoms with van der Waals surface area (Å²) in [6, 6.07) is 21.3. The van der Waals surface area contributed by atoms with Gasteiger partial charge >= 0.3 is 0 Å². The molecule has 1 saturated heterocycles. The van der Waals surface area contributed by atoms with Crippen LogP contribution in [-0.4, -0.2) is 46.5 Å². The smallest absolute Gasteiger partial charge is 0.256 e. The summed E-state index contributed by atoms with van der Waals surface area (Å²) >= 11 is 5.69. The lowest BCUT2D eigenvalue weighted by molar-refractivity contribution is -0.124. The van der Waals surface area contributed by atoms with Crippen LogP contribution in [0.3, 0.4) is 0 Å². The third-order valence-electron chi connectivity index (χ3n) is 5.42. The highest BCUT2D eigenvalue weighted by molar-refractivity contribution is 7.80. The average Bonchev–Trinajstić information content (AvgIpc) is 3.08. The Bertz CT molecular complexity index is 1120. The minimum absolute atomic E-state index is 0.0173. The molecule has 0 radical (unpaired) electrons. The molecule has 3 aromatic rings. The zero-order chi connectivity index (χ0) is 23.2.